The van der Waals surface area contributed by atoms with Crippen LogP contribution in [0.1, 0.15) is 184 Å². The Kier molecular flexibility index (Phi) is 13.4. The number of fused-ring (bicyclic) bond motifs is 7. The van der Waals surface area contributed by atoms with Crippen LogP contribution in [-0.4, -0.2) is 42.9 Å². The summed E-state index contributed by atoms with van der Waals surface area (Å²) in [5.41, 5.74) is 4.36. The molecular weight excluding hydrogens is 979 g/mol. The molecule has 11 atom stereocenters. The second-order valence-corrected chi connectivity index (χ2v) is 26.4. The van der Waals surface area contributed by atoms with Crippen LogP contribution < -0.4 is 14.2 Å². The number of ketones is 1. The number of allylic oxidation sites excluding steroid dienone is 2. The number of rotatable bonds is 5. The minimum Gasteiger partial charge on any atom is -0.507 e. The van der Waals surface area contributed by atoms with E-state index < -0.39 is 33.3 Å². The Bertz CT molecular complexity index is 2860. The summed E-state index contributed by atoms with van der Waals surface area (Å²) in [6, 6.07) is 18.9. The van der Waals surface area contributed by atoms with Crippen LogP contribution in [0.5, 0.6) is 34.5 Å². The van der Waals surface area contributed by atoms with Gasteiger partial charge in [0.2, 0.25) is 0 Å². The molecule has 7 aliphatic rings. The summed E-state index contributed by atoms with van der Waals surface area (Å²) in [4.78, 5) is 28.3. The smallest absolute Gasteiger partial charge is 0.180 e. The minimum atomic E-state index is -1.10. The van der Waals surface area contributed by atoms with Crippen molar-refractivity contribution in [2.24, 2.45) is 46.3 Å². The van der Waals surface area contributed by atoms with Crippen molar-refractivity contribution in [2.75, 3.05) is 0 Å². The third kappa shape index (κ3) is 8.56. The minimum absolute atomic E-state index is 0.00344. The van der Waals surface area contributed by atoms with Gasteiger partial charge in [0.1, 0.15) is 57.4 Å². The van der Waals surface area contributed by atoms with Gasteiger partial charge < -0.3 is 29.5 Å². The average Bonchev–Trinajstić information content (AvgIpc) is 3.40. The predicted octanol–water partition coefficient (Wildman–Crippen LogP) is 16.0. The van der Waals surface area contributed by atoms with Crippen molar-refractivity contribution >= 4 is 46.9 Å². The zero-order chi connectivity index (χ0) is 52.3. The summed E-state index contributed by atoms with van der Waals surface area (Å²) in [6.45, 7) is 25.2. The highest BCUT2D eigenvalue weighted by atomic mass is 35.6. The Morgan fingerprint density at radius 3 is 1.68 bits per heavy atom. The van der Waals surface area contributed by atoms with Crippen LogP contribution in [0.15, 0.2) is 85.0 Å². The molecule has 0 aromatic heterocycles. The Balaban J connectivity index is 0.00000148. The molecule has 4 aliphatic carbocycles. The number of phenols is 3. The van der Waals surface area contributed by atoms with Gasteiger partial charge in [-0.1, -0.05) is 147 Å². The van der Waals surface area contributed by atoms with Crippen molar-refractivity contribution in [1.29, 1.82) is 0 Å². The molecule has 0 unspecified atom stereocenters. The fourth-order valence-corrected chi connectivity index (χ4v) is 15.6. The van der Waals surface area contributed by atoms with Gasteiger partial charge >= 0.3 is 0 Å². The molecule has 4 saturated carbocycles. The Labute approximate surface area is 446 Å². The molecule has 4 aromatic rings. The summed E-state index contributed by atoms with van der Waals surface area (Å²) < 4.78 is 20.9. The van der Waals surface area contributed by atoms with Crippen LogP contribution in [0.3, 0.4) is 0 Å². The SMILES string of the molecule is C=C1CC[C@H]2[C@@H]3c4c(c(C=O)c(O)c([C@H](c5ccccc5)c5c(O)c(C)c6c(c5O)C(=O)C[C@@H](c5ccccc5)O6)c4O[C@]4(C)CC[C@@H]5[C@H](CC5(C)C)C(=C)CC[C@@H]34)O[C@]2(C)CC[C@@H]2[C@@H]1CC2(C)C.ClC(Cl)Cl. The molecule has 388 valence electrons. The maximum atomic E-state index is 14.4. The molecule has 0 saturated heterocycles. The van der Waals surface area contributed by atoms with Crippen molar-refractivity contribution in [1.82, 2.24) is 0 Å². The lowest BCUT2D eigenvalue weighted by Gasteiger charge is -2.57. The second-order valence-electron chi connectivity index (χ2n) is 24.4. The molecule has 0 radical (unpaired) electrons. The Morgan fingerprint density at radius 2 is 1.18 bits per heavy atom. The van der Waals surface area contributed by atoms with Crippen molar-refractivity contribution in [2.45, 2.75) is 153 Å². The molecule has 11 heteroatoms. The Hall–Kier alpha value is -4.63. The van der Waals surface area contributed by atoms with E-state index >= 15 is 0 Å². The largest absolute Gasteiger partial charge is 0.507 e. The molecule has 4 aromatic carbocycles. The monoisotopic (exact) mass is 1050 g/mol. The number of hydrogen-bond donors (Lipinski definition) is 3. The molecule has 3 heterocycles. The van der Waals surface area contributed by atoms with Gasteiger partial charge in [-0.2, -0.15) is 0 Å². The number of carbonyl (C=O) groups is 2. The Morgan fingerprint density at radius 1 is 0.671 bits per heavy atom. The quantitative estimate of drug-likeness (QED) is 0.0782. The molecule has 0 spiro atoms. The lowest BCUT2D eigenvalue weighted by Crippen LogP contribution is -2.56. The van der Waals surface area contributed by atoms with Crippen LogP contribution in [-0.2, 0) is 0 Å². The van der Waals surface area contributed by atoms with Gasteiger partial charge in [-0.25, -0.2) is 0 Å². The summed E-state index contributed by atoms with van der Waals surface area (Å²) in [7, 11) is 0. The first-order chi connectivity index (χ1) is 34.5. The number of hydrogen-bond acceptors (Lipinski definition) is 8. The number of benzene rings is 4. The highest BCUT2D eigenvalue weighted by molar-refractivity contribution is 6.63. The van der Waals surface area contributed by atoms with E-state index in [4.69, 9.17) is 62.2 Å². The maximum Gasteiger partial charge on any atom is 0.180 e. The number of phenolic OH excluding ortho intramolecular Hbond substituents is 3. The molecule has 0 bridgehead atoms. The number of aldehydes is 1. The molecule has 11 rings (SSSR count). The van der Waals surface area contributed by atoms with E-state index in [-0.39, 0.29) is 85.9 Å². The number of aromatic hydroxyl groups is 3. The van der Waals surface area contributed by atoms with E-state index in [0.717, 1.165) is 75.3 Å². The average molecular weight is 1050 g/mol. The van der Waals surface area contributed by atoms with Crippen molar-refractivity contribution in [3.63, 3.8) is 0 Å². The summed E-state index contributed by atoms with van der Waals surface area (Å²) in [5.74, 6) is 0.150. The van der Waals surface area contributed by atoms with Crippen LogP contribution in [0.4, 0.5) is 0 Å². The standard InChI is InChI=1S/C61H70O8.CHCl3/c1-32-20-22-42-47-43-23-21-33(2)38-30-59(6,7)41(38)25-27-61(43,9)69-57-50(53(65)39(31-62)56(51(47)57)68-60(42,8)26-24-40-37(32)29-58(40,4)5)46(36-18-14-11-15-19-36)49-52(64)34(3)55-48(54(49)66)44(63)28-45(67-55)35-16-12-10-13-17-35;2-1(3)4/h10-19,31,37-38,40-43,45-47,64-66H,1-2,20-30H2,3-9H3;1H/t37-,38-,40-,41-,42+,43+,45+,46-,47+,60-,61-;/m1./s1. The van der Waals surface area contributed by atoms with Gasteiger partial charge in [0.25, 0.3) is 0 Å². The molecule has 0 amide bonds. The topological polar surface area (TPSA) is 123 Å². The van der Waals surface area contributed by atoms with Crippen molar-refractivity contribution < 1.29 is 39.1 Å². The fourth-order valence-electron chi connectivity index (χ4n) is 15.6. The first kappa shape index (κ1) is 51.8. The number of carbonyl (C=O) groups excluding carboxylic acids is 2. The van der Waals surface area contributed by atoms with Gasteiger partial charge in [0.15, 0.2) is 16.4 Å². The van der Waals surface area contributed by atoms with Crippen molar-refractivity contribution in [3.8, 4) is 34.5 Å². The number of halogens is 3. The highest BCUT2D eigenvalue weighted by Crippen LogP contribution is 2.69. The maximum absolute atomic E-state index is 14.4. The van der Waals surface area contributed by atoms with Gasteiger partial charge in [-0.3, -0.25) is 9.59 Å². The number of Topliss-reactive ketones (excluding diaryl/α,β-unsaturated/α-hetero) is 1. The molecule has 4 fully saturated rings. The van der Waals surface area contributed by atoms with E-state index in [2.05, 4.69) is 41.5 Å². The first-order valence-corrected chi connectivity index (χ1v) is 27.7. The normalized spacial score (nSPS) is 31.8. The zero-order valence-corrected chi connectivity index (χ0v) is 45.6. The van der Waals surface area contributed by atoms with Crippen molar-refractivity contribution in [3.05, 3.63) is 129 Å². The molecule has 73 heavy (non-hydrogen) atoms. The van der Waals surface area contributed by atoms with E-state index in [1.165, 1.54) is 11.1 Å². The summed E-state index contributed by atoms with van der Waals surface area (Å²) in [6.07, 6.45) is 9.22. The van der Waals surface area contributed by atoms with Crippen LogP contribution >= 0.6 is 34.8 Å². The predicted molar refractivity (Wildman–Crippen MR) is 289 cm³/mol. The van der Waals surface area contributed by atoms with Crippen LogP contribution in [0.25, 0.3) is 0 Å². The molecule has 3 aliphatic heterocycles. The summed E-state index contributed by atoms with van der Waals surface area (Å²) in [5, 5.41) is 38.5. The second kappa shape index (κ2) is 18.9. The number of alkyl halides is 3. The lowest BCUT2D eigenvalue weighted by molar-refractivity contribution is -0.0950. The molecule has 3 N–H and O–H groups in total. The van der Waals surface area contributed by atoms with E-state index in [1.54, 1.807) is 6.92 Å². The van der Waals surface area contributed by atoms with E-state index in [9.17, 15) is 24.9 Å². The van der Waals surface area contributed by atoms with Crippen LogP contribution in [0.2, 0.25) is 0 Å². The third-order valence-corrected chi connectivity index (χ3v) is 19.5. The van der Waals surface area contributed by atoms with Crippen LogP contribution in [0, 0.1) is 53.3 Å². The van der Waals surface area contributed by atoms with Gasteiger partial charge in [-0.15, -0.1) is 0 Å². The fraction of sp³-hybridized carbons (Fsp3) is 0.516. The van der Waals surface area contributed by atoms with E-state index in [0.29, 0.717) is 47.0 Å². The third-order valence-electron chi connectivity index (χ3n) is 19.5. The number of ether oxygens (including phenoxy) is 3. The van der Waals surface area contributed by atoms with Gasteiger partial charge in [0, 0.05) is 45.9 Å². The highest BCUT2D eigenvalue weighted by Gasteiger charge is 2.61. The zero-order valence-electron chi connectivity index (χ0n) is 43.3. The van der Waals surface area contributed by atoms with Gasteiger partial charge in [0.05, 0.1) is 12.0 Å². The summed E-state index contributed by atoms with van der Waals surface area (Å²) >= 11 is 14.4. The first-order valence-electron chi connectivity index (χ1n) is 26.4. The molecular formula is C62H71Cl3O8. The van der Waals surface area contributed by atoms with E-state index in [1.807, 2.05) is 60.7 Å². The van der Waals surface area contributed by atoms with Gasteiger partial charge in [-0.05, 0) is 131 Å². The molecule has 8 nitrogen and oxygen atoms in total. The lowest BCUT2D eigenvalue weighted by atomic mass is 9.52.